The summed E-state index contributed by atoms with van der Waals surface area (Å²) >= 11 is 0. The van der Waals surface area contributed by atoms with Crippen molar-refractivity contribution in [3.8, 4) is 22.6 Å². The molecule has 3 heterocycles. The van der Waals surface area contributed by atoms with Crippen molar-refractivity contribution >= 4 is 11.1 Å². The molecule has 130 valence electrons. The lowest BCUT2D eigenvalue weighted by atomic mass is 9.96. The monoisotopic (exact) mass is 347 g/mol. The Morgan fingerprint density at radius 2 is 2.12 bits per heavy atom. The maximum Gasteiger partial charge on any atom is 0.202 e. The molecule has 4 aromatic rings. The fourth-order valence-corrected chi connectivity index (χ4v) is 3.36. The average Bonchev–Trinajstić information content (AvgIpc) is 3.36. The molecule has 6 heteroatoms. The predicted octanol–water partition coefficient (Wildman–Crippen LogP) is 3.95. The first-order valence-corrected chi connectivity index (χ1v) is 8.49. The summed E-state index contributed by atoms with van der Waals surface area (Å²) in [6.07, 6.45) is 4.46. The lowest BCUT2D eigenvalue weighted by Gasteiger charge is -2.23. The zero-order chi connectivity index (χ0) is 17.5. The SMILES string of the molecule is COc1ccc2c(c1)C[C@@H](c1nc3ccc(-c4cn[nH]c4)cc3o1)CO2. The second-order valence-electron chi connectivity index (χ2n) is 6.41. The van der Waals surface area contributed by atoms with Crippen LogP contribution in [0.25, 0.3) is 22.2 Å². The Hall–Kier alpha value is -3.28. The second kappa shape index (κ2) is 5.91. The Balaban J connectivity index is 1.47. The van der Waals surface area contributed by atoms with E-state index >= 15 is 0 Å². The zero-order valence-corrected chi connectivity index (χ0v) is 14.2. The van der Waals surface area contributed by atoms with E-state index in [1.54, 1.807) is 13.3 Å². The number of nitrogens with one attached hydrogen (secondary N) is 1. The first kappa shape index (κ1) is 15.0. The molecule has 1 atom stereocenters. The van der Waals surface area contributed by atoms with Crippen molar-refractivity contribution in [1.29, 1.82) is 0 Å². The van der Waals surface area contributed by atoms with Crippen molar-refractivity contribution in [2.24, 2.45) is 0 Å². The molecule has 5 rings (SSSR count). The molecule has 1 N–H and O–H groups in total. The first-order valence-electron chi connectivity index (χ1n) is 8.49. The summed E-state index contributed by atoms with van der Waals surface area (Å²) in [4.78, 5) is 4.67. The third-order valence-corrected chi connectivity index (χ3v) is 4.76. The van der Waals surface area contributed by atoms with Gasteiger partial charge >= 0.3 is 0 Å². The van der Waals surface area contributed by atoms with Gasteiger partial charge in [0.05, 0.1) is 19.2 Å². The van der Waals surface area contributed by atoms with Crippen LogP contribution in [-0.2, 0) is 6.42 Å². The van der Waals surface area contributed by atoms with Crippen LogP contribution in [0.5, 0.6) is 11.5 Å². The van der Waals surface area contributed by atoms with Gasteiger partial charge in [-0.25, -0.2) is 4.98 Å². The smallest absolute Gasteiger partial charge is 0.202 e. The average molecular weight is 347 g/mol. The van der Waals surface area contributed by atoms with E-state index in [0.717, 1.165) is 45.7 Å². The van der Waals surface area contributed by atoms with Crippen molar-refractivity contribution in [2.75, 3.05) is 13.7 Å². The number of benzene rings is 2. The molecule has 0 fully saturated rings. The molecule has 0 radical (unpaired) electrons. The molecule has 0 amide bonds. The number of rotatable bonds is 3. The molecule has 0 saturated carbocycles. The minimum absolute atomic E-state index is 0.0828. The first-order chi connectivity index (χ1) is 12.8. The molecule has 0 aliphatic carbocycles. The molecule has 1 aliphatic rings. The van der Waals surface area contributed by atoms with Gasteiger partial charge in [0.25, 0.3) is 0 Å². The lowest BCUT2D eigenvalue weighted by molar-refractivity contribution is 0.243. The highest BCUT2D eigenvalue weighted by molar-refractivity contribution is 5.80. The third-order valence-electron chi connectivity index (χ3n) is 4.76. The fourth-order valence-electron chi connectivity index (χ4n) is 3.36. The number of ether oxygens (including phenoxy) is 2. The number of nitrogens with zero attached hydrogens (tertiary/aromatic N) is 2. The van der Waals surface area contributed by atoms with Crippen molar-refractivity contribution in [3.05, 3.63) is 60.2 Å². The van der Waals surface area contributed by atoms with Gasteiger partial charge in [-0.1, -0.05) is 6.07 Å². The molecule has 26 heavy (non-hydrogen) atoms. The van der Waals surface area contributed by atoms with E-state index < -0.39 is 0 Å². The maximum absolute atomic E-state index is 6.06. The van der Waals surface area contributed by atoms with Crippen LogP contribution in [0.15, 0.2) is 53.2 Å². The van der Waals surface area contributed by atoms with E-state index in [1.165, 1.54) is 0 Å². The molecule has 6 nitrogen and oxygen atoms in total. The summed E-state index contributed by atoms with van der Waals surface area (Å²) in [5, 5.41) is 6.82. The van der Waals surface area contributed by atoms with E-state index in [4.69, 9.17) is 13.9 Å². The summed E-state index contributed by atoms with van der Waals surface area (Å²) in [5.41, 5.74) is 4.80. The molecular formula is C20H17N3O3. The second-order valence-corrected chi connectivity index (χ2v) is 6.41. The largest absolute Gasteiger partial charge is 0.497 e. The van der Waals surface area contributed by atoms with Gasteiger partial charge in [0.1, 0.15) is 23.6 Å². The van der Waals surface area contributed by atoms with Crippen LogP contribution in [0.2, 0.25) is 0 Å². The molecule has 0 bridgehead atoms. The predicted molar refractivity (Wildman–Crippen MR) is 96.5 cm³/mol. The number of methoxy groups -OCH3 is 1. The Morgan fingerprint density at radius 1 is 1.15 bits per heavy atom. The number of hydrogen-bond acceptors (Lipinski definition) is 5. The quantitative estimate of drug-likeness (QED) is 0.607. The van der Waals surface area contributed by atoms with Gasteiger partial charge in [0, 0.05) is 11.8 Å². The Kier molecular flexibility index (Phi) is 3.41. The van der Waals surface area contributed by atoms with Crippen molar-refractivity contribution in [3.63, 3.8) is 0 Å². The van der Waals surface area contributed by atoms with Crippen LogP contribution in [0.4, 0.5) is 0 Å². The fraction of sp³-hybridized carbons (Fsp3) is 0.200. The number of aromatic amines is 1. The summed E-state index contributed by atoms with van der Waals surface area (Å²) < 4.78 is 17.3. The van der Waals surface area contributed by atoms with Gasteiger partial charge in [-0.05, 0) is 47.9 Å². The standard InChI is InChI=1S/C20H17N3O3/c1-24-16-3-5-18-13(7-16)6-14(11-25-18)20-23-17-4-2-12(8-19(17)26-20)15-9-21-22-10-15/h2-5,7-10,14H,6,11H2,1H3,(H,21,22)/t14-/m1/s1. The molecule has 2 aromatic heterocycles. The van der Waals surface area contributed by atoms with Gasteiger partial charge in [-0.2, -0.15) is 5.10 Å². The molecule has 0 saturated heterocycles. The Bertz CT molecular complexity index is 1070. The van der Waals surface area contributed by atoms with Crippen LogP contribution >= 0.6 is 0 Å². The topological polar surface area (TPSA) is 73.2 Å². The van der Waals surface area contributed by atoms with Crippen LogP contribution in [0.1, 0.15) is 17.4 Å². The Labute approximate surface area is 149 Å². The number of aromatic nitrogens is 3. The highest BCUT2D eigenvalue weighted by Crippen LogP contribution is 2.35. The minimum atomic E-state index is 0.0828. The van der Waals surface area contributed by atoms with Gasteiger partial charge in [-0.3, -0.25) is 5.10 Å². The number of oxazole rings is 1. The highest BCUT2D eigenvalue weighted by Gasteiger charge is 2.26. The summed E-state index contributed by atoms with van der Waals surface area (Å²) in [7, 11) is 1.67. The van der Waals surface area contributed by atoms with E-state index in [0.29, 0.717) is 12.5 Å². The summed E-state index contributed by atoms with van der Waals surface area (Å²) in [5.74, 6) is 2.52. The number of hydrogen-bond donors (Lipinski definition) is 1. The molecule has 0 unspecified atom stereocenters. The van der Waals surface area contributed by atoms with Crippen LogP contribution in [-0.4, -0.2) is 28.9 Å². The van der Waals surface area contributed by atoms with Crippen molar-refractivity contribution in [2.45, 2.75) is 12.3 Å². The van der Waals surface area contributed by atoms with Crippen LogP contribution in [0, 0.1) is 0 Å². The molecular weight excluding hydrogens is 330 g/mol. The lowest BCUT2D eigenvalue weighted by Crippen LogP contribution is -2.19. The minimum Gasteiger partial charge on any atom is -0.497 e. The normalized spacial score (nSPS) is 16.3. The molecule has 1 aliphatic heterocycles. The molecule has 2 aromatic carbocycles. The van der Waals surface area contributed by atoms with E-state index in [2.05, 4.69) is 15.2 Å². The number of fused-ring (bicyclic) bond motifs is 2. The van der Waals surface area contributed by atoms with Crippen LogP contribution in [0.3, 0.4) is 0 Å². The maximum atomic E-state index is 6.06. The van der Waals surface area contributed by atoms with Crippen molar-refractivity contribution in [1.82, 2.24) is 15.2 Å². The van der Waals surface area contributed by atoms with E-state index in [1.807, 2.05) is 42.6 Å². The van der Waals surface area contributed by atoms with Gasteiger partial charge < -0.3 is 13.9 Å². The Morgan fingerprint density at radius 3 is 2.96 bits per heavy atom. The number of H-pyrrole nitrogens is 1. The zero-order valence-electron chi connectivity index (χ0n) is 14.2. The van der Waals surface area contributed by atoms with E-state index in [9.17, 15) is 0 Å². The van der Waals surface area contributed by atoms with Gasteiger partial charge in [0.2, 0.25) is 5.89 Å². The van der Waals surface area contributed by atoms with Crippen molar-refractivity contribution < 1.29 is 13.9 Å². The van der Waals surface area contributed by atoms with Crippen LogP contribution < -0.4 is 9.47 Å². The van der Waals surface area contributed by atoms with Gasteiger partial charge in [-0.15, -0.1) is 0 Å². The highest BCUT2D eigenvalue weighted by atomic mass is 16.5. The van der Waals surface area contributed by atoms with E-state index in [-0.39, 0.29) is 5.92 Å². The third kappa shape index (κ3) is 2.50. The molecule has 0 spiro atoms. The summed E-state index contributed by atoms with van der Waals surface area (Å²) in [6.45, 7) is 0.556. The summed E-state index contributed by atoms with van der Waals surface area (Å²) in [6, 6.07) is 11.9. The van der Waals surface area contributed by atoms with Gasteiger partial charge in [0.15, 0.2) is 5.58 Å².